The Kier molecular flexibility index (Phi) is 3.72. The van der Waals surface area contributed by atoms with Gasteiger partial charge in [0.2, 0.25) is 0 Å². The van der Waals surface area contributed by atoms with Gasteiger partial charge in [-0.1, -0.05) is 41.5 Å². The third-order valence-electron chi connectivity index (χ3n) is 2.42. The zero-order chi connectivity index (χ0) is 12.4. The molecular weight excluding hydrogens is 275 g/mol. The Morgan fingerprint density at radius 2 is 2.00 bits per heavy atom. The first-order chi connectivity index (χ1) is 8.08. The lowest BCUT2D eigenvalue weighted by Crippen LogP contribution is -2.15. The van der Waals surface area contributed by atoms with Crippen LogP contribution in [0.1, 0.15) is 11.3 Å². The van der Waals surface area contributed by atoms with Crippen molar-refractivity contribution in [1.82, 2.24) is 4.57 Å². The predicted molar refractivity (Wildman–Crippen MR) is 75.9 cm³/mol. The monoisotopic (exact) mass is 284 g/mol. The minimum atomic E-state index is 0.384. The average Bonchev–Trinajstić information content (AvgIpc) is 2.72. The number of nitrogens with two attached hydrogens (primary N) is 1. The van der Waals surface area contributed by atoms with E-state index in [1.165, 1.54) is 0 Å². The van der Waals surface area contributed by atoms with Gasteiger partial charge in [0.1, 0.15) is 4.99 Å². The minimum Gasteiger partial charge on any atom is -0.388 e. The van der Waals surface area contributed by atoms with Gasteiger partial charge in [0.25, 0.3) is 0 Å². The van der Waals surface area contributed by atoms with Crippen molar-refractivity contribution in [3.63, 3.8) is 0 Å². The molecule has 0 bridgehead atoms. The SMILES string of the molecule is NC(=S)c1cccn1Cc1ccc(Cl)c(Cl)c1. The Balaban J connectivity index is 2.28. The van der Waals surface area contributed by atoms with E-state index in [0.717, 1.165) is 11.3 Å². The van der Waals surface area contributed by atoms with Gasteiger partial charge in [-0.2, -0.15) is 0 Å². The fourth-order valence-corrected chi connectivity index (χ4v) is 2.12. The van der Waals surface area contributed by atoms with E-state index in [2.05, 4.69) is 0 Å². The predicted octanol–water partition coefficient (Wildman–Crippen LogP) is 3.48. The van der Waals surface area contributed by atoms with Crippen LogP contribution in [0.5, 0.6) is 0 Å². The van der Waals surface area contributed by atoms with E-state index in [-0.39, 0.29) is 0 Å². The highest BCUT2D eigenvalue weighted by atomic mass is 35.5. The molecule has 0 atom stereocenters. The van der Waals surface area contributed by atoms with E-state index >= 15 is 0 Å². The summed E-state index contributed by atoms with van der Waals surface area (Å²) >= 11 is 16.8. The number of hydrogen-bond donors (Lipinski definition) is 1. The summed E-state index contributed by atoms with van der Waals surface area (Å²) in [5.41, 5.74) is 7.52. The molecule has 2 aromatic rings. The Labute approximate surface area is 115 Å². The second kappa shape index (κ2) is 5.08. The highest BCUT2D eigenvalue weighted by molar-refractivity contribution is 7.80. The van der Waals surface area contributed by atoms with E-state index in [1.807, 2.05) is 35.0 Å². The summed E-state index contributed by atoms with van der Waals surface area (Å²) in [5, 5.41) is 1.10. The van der Waals surface area contributed by atoms with Crippen molar-refractivity contribution >= 4 is 40.4 Å². The first-order valence-corrected chi connectivity index (χ1v) is 6.13. The summed E-state index contributed by atoms with van der Waals surface area (Å²) in [7, 11) is 0. The maximum atomic E-state index is 5.96. The summed E-state index contributed by atoms with van der Waals surface area (Å²) in [6.07, 6.45) is 1.93. The van der Waals surface area contributed by atoms with Gasteiger partial charge in [0.15, 0.2) is 0 Å². The molecule has 0 unspecified atom stereocenters. The van der Waals surface area contributed by atoms with Gasteiger partial charge in [-0.05, 0) is 29.8 Å². The number of rotatable bonds is 3. The van der Waals surface area contributed by atoms with Crippen LogP contribution in [-0.2, 0) is 6.54 Å². The summed E-state index contributed by atoms with van der Waals surface area (Å²) < 4.78 is 1.97. The molecule has 1 aromatic carbocycles. The van der Waals surface area contributed by atoms with Crippen LogP contribution in [-0.4, -0.2) is 9.56 Å². The lowest BCUT2D eigenvalue weighted by Gasteiger charge is -2.09. The van der Waals surface area contributed by atoms with Crippen molar-refractivity contribution in [2.45, 2.75) is 6.54 Å². The highest BCUT2D eigenvalue weighted by Crippen LogP contribution is 2.23. The molecule has 2 N–H and O–H groups in total. The molecule has 0 radical (unpaired) electrons. The molecule has 1 heterocycles. The largest absolute Gasteiger partial charge is 0.388 e. The van der Waals surface area contributed by atoms with Gasteiger partial charge in [0.05, 0.1) is 15.7 Å². The van der Waals surface area contributed by atoms with E-state index in [1.54, 1.807) is 6.07 Å². The van der Waals surface area contributed by atoms with E-state index in [0.29, 0.717) is 21.6 Å². The smallest absolute Gasteiger partial charge is 0.120 e. The van der Waals surface area contributed by atoms with Gasteiger partial charge < -0.3 is 10.3 Å². The van der Waals surface area contributed by atoms with Crippen molar-refractivity contribution in [2.75, 3.05) is 0 Å². The van der Waals surface area contributed by atoms with E-state index < -0.39 is 0 Å². The standard InChI is InChI=1S/C12H10Cl2N2S/c13-9-4-3-8(6-10(9)14)7-16-5-1-2-11(16)12(15)17/h1-6H,7H2,(H2,15,17). The van der Waals surface area contributed by atoms with Crippen molar-refractivity contribution in [2.24, 2.45) is 5.73 Å². The van der Waals surface area contributed by atoms with Crippen molar-refractivity contribution in [3.8, 4) is 0 Å². The van der Waals surface area contributed by atoms with Crippen molar-refractivity contribution in [3.05, 3.63) is 57.8 Å². The van der Waals surface area contributed by atoms with Crippen molar-refractivity contribution < 1.29 is 0 Å². The Morgan fingerprint density at radius 3 is 2.65 bits per heavy atom. The summed E-state index contributed by atoms with van der Waals surface area (Å²) in [5.74, 6) is 0. The lowest BCUT2D eigenvalue weighted by molar-refractivity contribution is 0.798. The van der Waals surface area contributed by atoms with Gasteiger partial charge in [-0.3, -0.25) is 0 Å². The van der Waals surface area contributed by atoms with Gasteiger partial charge >= 0.3 is 0 Å². The molecule has 1 aromatic heterocycles. The molecule has 0 amide bonds. The molecule has 0 saturated carbocycles. The second-order valence-electron chi connectivity index (χ2n) is 3.63. The van der Waals surface area contributed by atoms with Gasteiger partial charge in [-0.25, -0.2) is 0 Å². The molecule has 88 valence electrons. The third kappa shape index (κ3) is 2.80. The van der Waals surface area contributed by atoms with Crippen LogP contribution in [0.4, 0.5) is 0 Å². The van der Waals surface area contributed by atoms with E-state index in [4.69, 9.17) is 41.2 Å². The molecule has 0 aliphatic rings. The fourth-order valence-electron chi connectivity index (χ4n) is 1.61. The molecule has 17 heavy (non-hydrogen) atoms. The molecular formula is C12H10Cl2N2S. The second-order valence-corrected chi connectivity index (χ2v) is 4.89. The number of aromatic nitrogens is 1. The zero-order valence-corrected chi connectivity index (χ0v) is 11.2. The Hall–Kier alpha value is -1.03. The van der Waals surface area contributed by atoms with Crippen LogP contribution in [0.2, 0.25) is 10.0 Å². The molecule has 2 rings (SSSR count). The lowest BCUT2D eigenvalue weighted by atomic mass is 10.2. The first kappa shape index (κ1) is 12.4. The third-order valence-corrected chi connectivity index (χ3v) is 3.37. The Morgan fingerprint density at radius 1 is 1.24 bits per heavy atom. The molecule has 2 nitrogen and oxygen atoms in total. The highest BCUT2D eigenvalue weighted by Gasteiger charge is 2.05. The van der Waals surface area contributed by atoms with Crippen LogP contribution < -0.4 is 5.73 Å². The van der Waals surface area contributed by atoms with Crippen LogP contribution in [0, 0.1) is 0 Å². The molecule has 0 aliphatic heterocycles. The fraction of sp³-hybridized carbons (Fsp3) is 0.0833. The molecule has 0 aliphatic carbocycles. The number of hydrogen-bond acceptors (Lipinski definition) is 1. The van der Waals surface area contributed by atoms with Gasteiger partial charge in [-0.15, -0.1) is 0 Å². The number of benzene rings is 1. The molecule has 0 fully saturated rings. The van der Waals surface area contributed by atoms with Crippen LogP contribution in [0.25, 0.3) is 0 Å². The van der Waals surface area contributed by atoms with Crippen LogP contribution in [0.3, 0.4) is 0 Å². The molecule has 0 spiro atoms. The molecule has 0 saturated heterocycles. The quantitative estimate of drug-likeness (QED) is 0.875. The topological polar surface area (TPSA) is 30.9 Å². The summed E-state index contributed by atoms with van der Waals surface area (Å²) in [4.78, 5) is 0.384. The summed E-state index contributed by atoms with van der Waals surface area (Å²) in [6.45, 7) is 0.663. The zero-order valence-electron chi connectivity index (χ0n) is 8.86. The van der Waals surface area contributed by atoms with Crippen LogP contribution in [0.15, 0.2) is 36.5 Å². The van der Waals surface area contributed by atoms with Crippen molar-refractivity contribution in [1.29, 1.82) is 0 Å². The first-order valence-electron chi connectivity index (χ1n) is 4.97. The molecule has 5 heteroatoms. The number of nitrogens with zero attached hydrogens (tertiary/aromatic N) is 1. The average molecular weight is 285 g/mol. The van der Waals surface area contributed by atoms with Gasteiger partial charge in [0, 0.05) is 12.7 Å². The summed E-state index contributed by atoms with van der Waals surface area (Å²) in [6, 6.07) is 9.35. The Bertz CT molecular complexity index is 563. The minimum absolute atomic E-state index is 0.384. The van der Waals surface area contributed by atoms with Crippen LogP contribution >= 0.6 is 35.4 Å². The number of halogens is 2. The maximum Gasteiger partial charge on any atom is 0.120 e. The number of thiocarbonyl (C=S) groups is 1. The maximum absolute atomic E-state index is 5.96. The van der Waals surface area contributed by atoms with E-state index in [9.17, 15) is 0 Å². The normalized spacial score (nSPS) is 10.5.